The molecule has 2 rings (SSSR count). The van der Waals surface area contributed by atoms with Crippen LogP contribution in [0.15, 0.2) is 6.20 Å². The van der Waals surface area contributed by atoms with Gasteiger partial charge in [0, 0.05) is 31.8 Å². The Labute approximate surface area is 117 Å². The monoisotopic (exact) mass is 283 g/mol. The number of aryl methyl sites for hydroxylation is 2. The maximum atomic E-state index is 5.25. The molecule has 0 aromatic carbocycles. The maximum Gasteiger partial charge on any atom is 0.194 e. The molecule has 2 heterocycles. The number of thiazole rings is 1. The minimum atomic E-state index is -0.243. The topological polar surface area (TPSA) is 47.8 Å². The second-order valence-corrected chi connectivity index (χ2v) is 5.86. The predicted molar refractivity (Wildman–Crippen MR) is 76.7 cm³/mol. The summed E-state index contributed by atoms with van der Waals surface area (Å²) in [6.07, 6.45) is 1.89. The zero-order chi connectivity index (χ0) is 14.0. The molecule has 0 amide bonds. The van der Waals surface area contributed by atoms with Crippen LogP contribution in [-0.4, -0.2) is 35.9 Å². The number of hydrogen-bond acceptors (Lipinski definition) is 5. The number of nitrogens with one attached hydrogen (secondary N) is 1. The standard InChI is InChI=1S/C13H21N3O2S/c1-8-7-16-11(9(2)15-13(16)19-8)6-14-10(3)12(17-4)18-5/h7,10,12,14H,6H2,1-5H3. The Bertz CT molecular complexity index is 545. The molecule has 0 spiro atoms. The summed E-state index contributed by atoms with van der Waals surface area (Å²) in [6, 6.07) is 0.111. The fourth-order valence-electron chi connectivity index (χ4n) is 2.18. The van der Waals surface area contributed by atoms with E-state index in [1.165, 1.54) is 10.6 Å². The van der Waals surface area contributed by atoms with E-state index in [1.807, 2.05) is 13.8 Å². The van der Waals surface area contributed by atoms with Crippen molar-refractivity contribution in [1.29, 1.82) is 0 Å². The minimum Gasteiger partial charge on any atom is -0.354 e. The van der Waals surface area contributed by atoms with Crippen molar-refractivity contribution in [1.82, 2.24) is 14.7 Å². The molecule has 0 bridgehead atoms. The Balaban J connectivity index is 2.10. The van der Waals surface area contributed by atoms with Crippen molar-refractivity contribution in [2.24, 2.45) is 0 Å². The van der Waals surface area contributed by atoms with Crippen LogP contribution in [0.4, 0.5) is 0 Å². The van der Waals surface area contributed by atoms with Crippen LogP contribution in [0, 0.1) is 13.8 Å². The summed E-state index contributed by atoms with van der Waals surface area (Å²) in [5.41, 5.74) is 2.26. The van der Waals surface area contributed by atoms with E-state index < -0.39 is 0 Å². The van der Waals surface area contributed by atoms with E-state index in [1.54, 1.807) is 25.6 Å². The Kier molecular flexibility index (Phi) is 4.57. The molecule has 1 atom stereocenters. The first kappa shape index (κ1) is 14.5. The summed E-state index contributed by atoms with van der Waals surface area (Å²) in [6.45, 7) is 6.93. The molecule has 0 saturated heterocycles. The lowest BCUT2D eigenvalue weighted by molar-refractivity contribution is -0.119. The van der Waals surface area contributed by atoms with E-state index in [0.29, 0.717) is 0 Å². The van der Waals surface area contributed by atoms with Gasteiger partial charge < -0.3 is 14.8 Å². The van der Waals surface area contributed by atoms with Gasteiger partial charge in [-0.3, -0.25) is 4.40 Å². The number of imidazole rings is 1. The highest BCUT2D eigenvalue weighted by atomic mass is 32.1. The van der Waals surface area contributed by atoms with Crippen LogP contribution in [0.25, 0.3) is 4.96 Å². The van der Waals surface area contributed by atoms with E-state index >= 15 is 0 Å². The van der Waals surface area contributed by atoms with Gasteiger partial charge in [-0.15, -0.1) is 11.3 Å². The summed E-state index contributed by atoms with van der Waals surface area (Å²) in [7, 11) is 3.30. The zero-order valence-corrected chi connectivity index (χ0v) is 12.9. The van der Waals surface area contributed by atoms with Gasteiger partial charge in [0.2, 0.25) is 0 Å². The molecular formula is C13H21N3O2S. The second-order valence-electron chi connectivity index (χ2n) is 4.65. The van der Waals surface area contributed by atoms with Gasteiger partial charge in [0.15, 0.2) is 11.3 Å². The lowest BCUT2D eigenvalue weighted by Crippen LogP contribution is -2.39. The highest BCUT2D eigenvalue weighted by molar-refractivity contribution is 7.17. The van der Waals surface area contributed by atoms with Gasteiger partial charge in [0.25, 0.3) is 0 Å². The van der Waals surface area contributed by atoms with Gasteiger partial charge in [-0.2, -0.15) is 0 Å². The molecule has 2 aromatic rings. The van der Waals surface area contributed by atoms with Gasteiger partial charge in [-0.25, -0.2) is 4.98 Å². The van der Waals surface area contributed by atoms with Gasteiger partial charge in [-0.05, 0) is 20.8 Å². The van der Waals surface area contributed by atoms with Gasteiger partial charge in [0.05, 0.1) is 17.4 Å². The smallest absolute Gasteiger partial charge is 0.194 e. The van der Waals surface area contributed by atoms with Crippen molar-refractivity contribution in [3.63, 3.8) is 0 Å². The van der Waals surface area contributed by atoms with Crippen molar-refractivity contribution in [3.8, 4) is 0 Å². The lowest BCUT2D eigenvalue weighted by Gasteiger charge is -2.22. The maximum absolute atomic E-state index is 5.25. The Morgan fingerprint density at radius 2 is 2.05 bits per heavy atom. The highest BCUT2D eigenvalue weighted by Crippen LogP contribution is 2.20. The van der Waals surface area contributed by atoms with Gasteiger partial charge >= 0.3 is 0 Å². The van der Waals surface area contributed by atoms with Crippen LogP contribution in [0.1, 0.15) is 23.2 Å². The molecule has 0 saturated carbocycles. The van der Waals surface area contributed by atoms with Crippen LogP contribution < -0.4 is 5.32 Å². The van der Waals surface area contributed by atoms with Crippen LogP contribution in [-0.2, 0) is 16.0 Å². The fourth-order valence-corrected chi connectivity index (χ4v) is 3.07. The van der Waals surface area contributed by atoms with E-state index in [4.69, 9.17) is 9.47 Å². The molecule has 2 aromatic heterocycles. The number of rotatable bonds is 6. The molecule has 19 heavy (non-hydrogen) atoms. The zero-order valence-electron chi connectivity index (χ0n) is 12.1. The summed E-state index contributed by atoms with van der Waals surface area (Å²) in [5, 5.41) is 3.42. The molecule has 1 unspecified atom stereocenters. The second kappa shape index (κ2) is 6.00. The van der Waals surface area contributed by atoms with E-state index in [2.05, 4.69) is 27.8 Å². The van der Waals surface area contributed by atoms with E-state index in [0.717, 1.165) is 17.2 Å². The first-order chi connectivity index (χ1) is 9.06. The Hall–Kier alpha value is -0.950. The number of fused-ring (bicyclic) bond motifs is 1. The van der Waals surface area contributed by atoms with E-state index in [9.17, 15) is 0 Å². The molecule has 106 valence electrons. The number of methoxy groups -OCH3 is 2. The molecule has 0 radical (unpaired) electrons. The Morgan fingerprint density at radius 3 is 2.68 bits per heavy atom. The number of ether oxygens (including phenoxy) is 2. The van der Waals surface area contributed by atoms with Crippen molar-refractivity contribution in [2.75, 3.05) is 14.2 Å². The first-order valence-electron chi connectivity index (χ1n) is 6.29. The van der Waals surface area contributed by atoms with Crippen LogP contribution in [0.5, 0.6) is 0 Å². The minimum absolute atomic E-state index is 0.111. The molecule has 1 N–H and O–H groups in total. The summed E-state index contributed by atoms with van der Waals surface area (Å²) in [4.78, 5) is 6.89. The molecule has 0 aliphatic heterocycles. The summed E-state index contributed by atoms with van der Waals surface area (Å²) >= 11 is 1.71. The molecule has 0 fully saturated rings. The Morgan fingerprint density at radius 1 is 1.37 bits per heavy atom. The SMILES string of the molecule is COC(OC)C(C)NCc1c(C)nc2sc(C)cn12. The summed E-state index contributed by atoms with van der Waals surface area (Å²) < 4.78 is 12.7. The van der Waals surface area contributed by atoms with Crippen molar-refractivity contribution < 1.29 is 9.47 Å². The highest BCUT2D eigenvalue weighted by Gasteiger charge is 2.17. The average Bonchev–Trinajstić information content (AvgIpc) is 2.84. The molecular weight excluding hydrogens is 262 g/mol. The van der Waals surface area contributed by atoms with Crippen LogP contribution in [0.3, 0.4) is 0 Å². The molecule has 6 heteroatoms. The summed E-state index contributed by atoms with van der Waals surface area (Å²) in [5.74, 6) is 0. The predicted octanol–water partition coefficient (Wildman–Crippen LogP) is 2.11. The van der Waals surface area contributed by atoms with Crippen molar-refractivity contribution >= 4 is 16.3 Å². The third-order valence-electron chi connectivity index (χ3n) is 3.21. The third kappa shape index (κ3) is 2.97. The van der Waals surface area contributed by atoms with Crippen LogP contribution >= 0.6 is 11.3 Å². The lowest BCUT2D eigenvalue weighted by atomic mass is 10.3. The normalized spacial score (nSPS) is 13.6. The molecule has 0 aliphatic carbocycles. The van der Waals surface area contributed by atoms with Gasteiger partial charge in [0.1, 0.15) is 0 Å². The van der Waals surface area contributed by atoms with Gasteiger partial charge in [-0.1, -0.05) is 0 Å². The van der Waals surface area contributed by atoms with Crippen molar-refractivity contribution in [3.05, 3.63) is 22.5 Å². The number of aromatic nitrogens is 2. The van der Waals surface area contributed by atoms with Crippen molar-refractivity contribution in [2.45, 2.75) is 39.6 Å². The largest absolute Gasteiger partial charge is 0.354 e. The number of hydrogen-bond donors (Lipinski definition) is 1. The molecule has 5 nitrogen and oxygen atoms in total. The number of nitrogens with zero attached hydrogens (tertiary/aromatic N) is 2. The first-order valence-corrected chi connectivity index (χ1v) is 7.11. The van der Waals surface area contributed by atoms with E-state index in [-0.39, 0.29) is 12.3 Å². The van der Waals surface area contributed by atoms with Crippen LogP contribution in [0.2, 0.25) is 0 Å². The molecule has 0 aliphatic rings. The third-order valence-corrected chi connectivity index (χ3v) is 4.10. The quantitative estimate of drug-likeness (QED) is 0.825. The fraction of sp³-hybridized carbons (Fsp3) is 0.615. The average molecular weight is 283 g/mol.